The Morgan fingerprint density at radius 1 is 1.37 bits per heavy atom. The number of carbonyl (C=O) groups is 2. The van der Waals surface area contributed by atoms with Crippen molar-refractivity contribution in [2.75, 3.05) is 5.75 Å². The Kier molecular flexibility index (Phi) is 6.48. The molecule has 1 saturated carbocycles. The molecule has 110 valence electrons. The van der Waals surface area contributed by atoms with Gasteiger partial charge in [-0.3, -0.25) is 0 Å². The molecule has 2 amide bonds. The first-order chi connectivity index (χ1) is 8.95. The topological polar surface area (TPSA) is 78.4 Å². The van der Waals surface area contributed by atoms with Gasteiger partial charge in [0.2, 0.25) is 0 Å². The van der Waals surface area contributed by atoms with Crippen LogP contribution in [0.4, 0.5) is 4.79 Å². The Balaban J connectivity index is 2.47. The molecule has 0 heterocycles. The van der Waals surface area contributed by atoms with Crippen molar-refractivity contribution in [3.05, 3.63) is 0 Å². The first-order valence-electron chi connectivity index (χ1n) is 6.87. The summed E-state index contributed by atoms with van der Waals surface area (Å²) in [4.78, 5) is 22.9. The molecular weight excluding hydrogens is 264 g/mol. The van der Waals surface area contributed by atoms with Gasteiger partial charge in [0.25, 0.3) is 0 Å². The zero-order chi connectivity index (χ0) is 14.4. The quantitative estimate of drug-likeness (QED) is 0.699. The number of amides is 2. The minimum Gasteiger partial charge on any atom is -0.480 e. The third kappa shape index (κ3) is 4.93. The van der Waals surface area contributed by atoms with Gasteiger partial charge in [-0.05, 0) is 24.5 Å². The van der Waals surface area contributed by atoms with Gasteiger partial charge in [0.15, 0.2) is 0 Å². The van der Waals surface area contributed by atoms with E-state index in [1.165, 1.54) is 0 Å². The van der Waals surface area contributed by atoms with Gasteiger partial charge in [0.05, 0.1) is 0 Å². The summed E-state index contributed by atoms with van der Waals surface area (Å²) in [6, 6.07) is -1.04. The fraction of sp³-hybridized carbons (Fsp3) is 0.846. The second-order valence-corrected chi connectivity index (χ2v) is 6.73. The highest BCUT2D eigenvalue weighted by Gasteiger charge is 2.30. The summed E-state index contributed by atoms with van der Waals surface area (Å²) < 4.78 is 0. The van der Waals surface area contributed by atoms with Crippen molar-refractivity contribution in [1.29, 1.82) is 0 Å². The normalized spacial score (nSPS) is 24.2. The van der Waals surface area contributed by atoms with Gasteiger partial charge in [-0.1, -0.05) is 27.2 Å². The molecule has 0 aliphatic heterocycles. The number of carbonyl (C=O) groups excluding carboxylic acids is 1. The van der Waals surface area contributed by atoms with Gasteiger partial charge in [0.1, 0.15) is 6.04 Å². The van der Waals surface area contributed by atoms with Gasteiger partial charge < -0.3 is 15.7 Å². The van der Waals surface area contributed by atoms with E-state index >= 15 is 0 Å². The summed E-state index contributed by atoms with van der Waals surface area (Å²) in [6.07, 6.45) is 3.22. The minimum atomic E-state index is -0.990. The Morgan fingerprint density at radius 2 is 2.05 bits per heavy atom. The van der Waals surface area contributed by atoms with Crippen molar-refractivity contribution < 1.29 is 14.7 Å². The van der Waals surface area contributed by atoms with Crippen LogP contribution in [0.3, 0.4) is 0 Å². The number of aliphatic carboxylic acids is 1. The Bertz CT molecular complexity index is 323. The van der Waals surface area contributed by atoms with E-state index in [9.17, 15) is 9.59 Å². The van der Waals surface area contributed by atoms with Gasteiger partial charge in [-0.15, -0.1) is 0 Å². The molecule has 0 aromatic carbocycles. The lowest BCUT2D eigenvalue weighted by Gasteiger charge is -2.23. The Labute approximate surface area is 118 Å². The average Bonchev–Trinajstić information content (AvgIpc) is 2.73. The Morgan fingerprint density at radius 3 is 2.58 bits per heavy atom. The molecule has 3 unspecified atom stereocenters. The smallest absolute Gasteiger partial charge is 0.326 e. The number of hydrogen-bond donors (Lipinski definition) is 3. The highest BCUT2D eigenvalue weighted by Crippen LogP contribution is 2.29. The Hall–Kier alpha value is -0.910. The molecule has 3 N–H and O–H groups in total. The maximum atomic E-state index is 11.9. The number of thioether (sulfide) groups is 1. The lowest BCUT2D eigenvalue weighted by Crippen LogP contribution is -2.52. The number of carboxylic acid groups (broad SMARTS) is 1. The molecule has 0 aromatic heterocycles. The van der Waals surface area contributed by atoms with Crippen LogP contribution in [0, 0.1) is 5.92 Å². The first kappa shape index (κ1) is 16.1. The molecule has 5 nitrogen and oxygen atoms in total. The van der Waals surface area contributed by atoms with Gasteiger partial charge in [0, 0.05) is 11.3 Å². The summed E-state index contributed by atoms with van der Waals surface area (Å²) in [7, 11) is 0. The van der Waals surface area contributed by atoms with E-state index in [1.807, 2.05) is 11.8 Å². The van der Waals surface area contributed by atoms with E-state index < -0.39 is 12.0 Å². The molecule has 1 aliphatic carbocycles. The molecule has 1 fully saturated rings. The van der Waals surface area contributed by atoms with Crippen molar-refractivity contribution in [3.63, 3.8) is 0 Å². The third-order valence-electron chi connectivity index (χ3n) is 3.37. The van der Waals surface area contributed by atoms with Gasteiger partial charge in [-0.2, -0.15) is 11.8 Å². The van der Waals surface area contributed by atoms with Crippen molar-refractivity contribution in [2.45, 2.75) is 57.4 Å². The van der Waals surface area contributed by atoms with Crippen molar-refractivity contribution in [1.82, 2.24) is 10.6 Å². The first-order valence-corrected chi connectivity index (χ1v) is 7.92. The van der Waals surface area contributed by atoms with E-state index in [2.05, 4.69) is 17.6 Å². The number of urea groups is 1. The average molecular weight is 288 g/mol. The molecule has 0 spiro atoms. The van der Waals surface area contributed by atoms with E-state index in [1.54, 1.807) is 13.8 Å². The fourth-order valence-electron chi connectivity index (χ4n) is 2.37. The number of carboxylic acids is 1. The maximum absolute atomic E-state index is 11.9. The van der Waals surface area contributed by atoms with Crippen LogP contribution in [-0.2, 0) is 4.79 Å². The van der Waals surface area contributed by atoms with E-state index in [0.29, 0.717) is 5.25 Å². The van der Waals surface area contributed by atoms with Crippen LogP contribution in [0.5, 0.6) is 0 Å². The van der Waals surface area contributed by atoms with Crippen LogP contribution in [0.2, 0.25) is 0 Å². The second-order valence-electron chi connectivity index (χ2n) is 5.21. The number of rotatable bonds is 6. The molecule has 0 bridgehead atoms. The fourth-order valence-corrected chi connectivity index (χ4v) is 3.57. The van der Waals surface area contributed by atoms with Gasteiger partial charge in [-0.25, -0.2) is 9.59 Å². The summed E-state index contributed by atoms with van der Waals surface area (Å²) in [5.41, 5.74) is 0. The van der Waals surface area contributed by atoms with Crippen molar-refractivity contribution >= 4 is 23.8 Å². The van der Waals surface area contributed by atoms with Crippen LogP contribution in [0.15, 0.2) is 0 Å². The van der Waals surface area contributed by atoms with E-state index in [0.717, 1.165) is 25.0 Å². The summed E-state index contributed by atoms with van der Waals surface area (Å²) in [5.74, 6) is -0.0857. The van der Waals surface area contributed by atoms with E-state index in [-0.39, 0.29) is 18.0 Å². The van der Waals surface area contributed by atoms with Crippen LogP contribution in [0.1, 0.15) is 40.0 Å². The van der Waals surface area contributed by atoms with Crippen LogP contribution in [0.25, 0.3) is 0 Å². The predicted molar refractivity (Wildman–Crippen MR) is 77.5 cm³/mol. The molecule has 0 radical (unpaired) electrons. The molecular formula is C13H24N2O3S. The number of hydrogen-bond acceptors (Lipinski definition) is 3. The van der Waals surface area contributed by atoms with Crippen LogP contribution >= 0.6 is 11.8 Å². The molecule has 3 atom stereocenters. The molecule has 6 heteroatoms. The second kappa shape index (κ2) is 7.62. The maximum Gasteiger partial charge on any atom is 0.326 e. The molecule has 1 rings (SSSR count). The van der Waals surface area contributed by atoms with E-state index in [4.69, 9.17) is 5.11 Å². The highest BCUT2D eigenvalue weighted by molar-refractivity contribution is 7.99. The predicted octanol–water partition coefficient (Wildman–Crippen LogP) is 2.07. The molecule has 19 heavy (non-hydrogen) atoms. The molecule has 0 aromatic rings. The monoisotopic (exact) mass is 288 g/mol. The summed E-state index contributed by atoms with van der Waals surface area (Å²) in [6.45, 7) is 5.67. The minimum absolute atomic E-state index is 0.132. The largest absolute Gasteiger partial charge is 0.480 e. The SMILES string of the molecule is CCSC1CCCC1NC(=O)NC(C(=O)O)C(C)C. The zero-order valence-electron chi connectivity index (χ0n) is 11.8. The lowest BCUT2D eigenvalue weighted by atomic mass is 10.1. The third-order valence-corrected chi connectivity index (χ3v) is 4.69. The number of nitrogens with one attached hydrogen (secondary N) is 2. The lowest BCUT2D eigenvalue weighted by molar-refractivity contribution is -0.140. The van der Waals surface area contributed by atoms with Crippen molar-refractivity contribution in [3.8, 4) is 0 Å². The summed E-state index contributed by atoms with van der Waals surface area (Å²) >= 11 is 1.86. The molecule has 0 saturated heterocycles. The van der Waals surface area contributed by atoms with Crippen LogP contribution in [-0.4, -0.2) is 40.2 Å². The highest BCUT2D eigenvalue weighted by atomic mass is 32.2. The molecule has 1 aliphatic rings. The summed E-state index contributed by atoms with van der Waals surface area (Å²) in [5, 5.41) is 15.0. The standard InChI is InChI=1S/C13H24N2O3S/c1-4-19-10-7-5-6-9(10)14-13(18)15-11(8(2)3)12(16)17/h8-11H,4-7H2,1-3H3,(H,16,17)(H2,14,15,18). The zero-order valence-corrected chi connectivity index (χ0v) is 12.6. The van der Waals surface area contributed by atoms with Gasteiger partial charge >= 0.3 is 12.0 Å². The van der Waals surface area contributed by atoms with Crippen molar-refractivity contribution in [2.24, 2.45) is 5.92 Å². The van der Waals surface area contributed by atoms with Crippen LogP contribution < -0.4 is 10.6 Å².